The fraction of sp³-hybridized carbons (Fsp3) is 1.00. The number of rotatable bonds is 2. The molecule has 0 saturated heterocycles. The zero-order chi connectivity index (χ0) is 14.5. The predicted molar refractivity (Wildman–Crippen MR) is 84.5 cm³/mol. The van der Waals surface area contributed by atoms with Crippen molar-refractivity contribution >= 4 is 8.69 Å². The lowest BCUT2D eigenvalue weighted by Crippen LogP contribution is -2.24. The summed E-state index contributed by atoms with van der Waals surface area (Å²) in [6.07, 6.45) is 20.8. The van der Waals surface area contributed by atoms with E-state index in [2.05, 4.69) is 0 Å². The van der Waals surface area contributed by atoms with E-state index in [4.69, 9.17) is 14.2 Å². The largest absolute Gasteiger partial charge is 0.491 e. The smallest absolute Gasteiger partial charge is 0.375 e. The van der Waals surface area contributed by atoms with Crippen molar-refractivity contribution in [3.05, 3.63) is 0 Å². The number of hydrogen-bond acceptors (Lipinski definition) is 2. The third kappa shape index (κ3) is 9.05. The van der Waals surface area contributed by atoms with Gasteiger partial charge in [0, 0.05) is 0 Å². The molecule has 4 heteroatoms. The van der Waals surface area contributed by atoms with E-state index in [0.717, 1.165) is 0 Å². The molecule has 0 aromatic heterocycles. The van der Waals surface area contributed by atoms with Gasteiger partial charge in [0.2, 0.25) is 0 Å². The molecule has 2 saturated carbocycles. The molecule has 0 amide bonds. The molecule has 1 atom stereocenters. The summed E-state index contributed by atoms with van der Waals surface area (Å²) in [5.74, 6) is 0. The molecule has 2 aliphatic rings. The average Bonchev–Trinajstić information content (AvgIpc) is 2.36. The SMILES string of the molecule is C1CCCC(OC2CCCCCCC2)CCC1.O=[PH+]O. The molecule has 1 N–H and O–H groups in total. The second-order valence-electron chi connectivity index (χ2n) is 6.16. The van der Waals surface area contributed by atoms with Crippen LogP contribution in [0.15, 0.2) is 0 Å². The van der Waals surface area contributed by atoms with Crippen LogP contribution in [0.5, 0.6) is 0 Å². The normalized spacial score (nSPS) is 23.9. The molecular weight excluding hydrogens is 271 g/mol. The van der Waals surface area contributed by atoms with Crippen LogP contribution >= 0.6 is 8.69 Å². The quantitative estimate of drug-likeness (QED) is 0.718. The molecule has 0 aromatic carbocycles. The van der Waals surface area contributed by atoms with Crippen molar-refractivity contribution in [3.63, 3.8) is 0 Å². The number of ether oxygens (including phenoxy) is 1. The van der Waals surface area contributed by atoms with E-state index >= 15 is 0 Å². The van der Waals surface area contributed by atoms with Crippen molar-refractivity contribution in [1.29, 1.82) is 0 Å². The first-order valence-corrected chi connectivity index (χ1v) is 9.39. The van der Waals surface area contributed by atoms with Gasteiger partial charge in [-0.25, -0.2) is 0 Å². The summed E-state index contributed by atoms with van der Waals surface area (Å²) >= 11 is 0. The zero-order valence-electron chi connectivity index (χ0n) is 12.8. The Hall–Kier alpha value is 0.0200. The Balaban J connectivity index is 0.000000612. The summed E-state index contributed by atoms with van der Waals surface area (Å²) in [5.41, 5.74) is 0. The first-order valence-electron chi connectivity index (χ1n) is 8.53. The van der Waals surface area contributed by atoms with Crippen LogP contribution in [0.25, 0.3) is 0 Å². The standard InChI is InChI=1S/C16H30O.HO2P/c1-3-7-11-15(12-8-4-1)17-16-13-9-5-2-6-10-14-16;1-3-2/h15-16H,1-14H2;3H/p+1. The van der Waals surface area contributed by atoms with Crippen LogP contribution < -0.4 is 0 Å². The Morgan fingerprint density at radius 2 is 0.900 bits per heavy atom. The van der Waals surface area contributed by atoms with Crippen molar-refractivity contribution in [1.82, 2.24) is 0 Å². The van der Waals surface area contributed by atoms with Crippen LogP contribution in [0, 0.1) is 0 Å². The molecule has 3 nitrogen and oxygen atoms in total. The van der Waals surface area contributed by atoms with E-state index in [-0.39, 0.29) is 0 Å². The Bertz CT molecular complexity index is 200. The van der Waals surface area contributed by atoms with Gasteiger partial charge in [-0.3, -0.25) is 0 Å². The summed E-state index contributed by atoms with van der Waals surface area (Å²) in [7, 11) is -1.17. The highest BCUT2D eigenvalue weighted by molar-refractivity contribution is 7.16. The molecule has 2 aliphatic carbocycles. The molecule has 0 aliphatic heterocycles. The number of hydrogen-bond donors (Lipinski definition) is 1. The van der Waals surface area contributed by atoms with Gasteiger partial charge in [-0.05, 0) is 30.2 Å². The van der Waals surface area contributed by atoms with Crippen molar-refractivity contribution < 1.29 is 14.2 Å². The van der Waals surface area contributed by atoms with Gasteiger partial charge in [0.1, 0.15) is 0 Å². The fourth-order valence-electron chi connectivity index (χ4n) is 3.38. The first-order chi connectivity index (χ1) is 9.86. The van der Waals surface area contributed by atoms with Crippen LogP contribution in [0.1, 0.15) is 89.9 Å². The van der Waals surface area contributed by atoms with E-state index < -0.39 is 8.69 Å². The molecule has 0 spiro atoms. The monoisotopic (exact) mass is 303 g/mol. The molecule has 2 fully saturated rings. The van der Waals surface area contributed by atoms with E-state index in [1.165, 1.54) is 89.9 Å². The van der Waals surface area contributed by atoms with Crippen molar-refractivity contribution in [2.45, 2.75) is 102 Å². The van der Waals surface area contributed by atoms with E-state index in [1.54, 1.807) is 0 Å². The van der Waals surface area contributed by atoms with Gasteiger partial charge in [-0.1, -0.05) is 64.2 Å². The van der Waals surface area contributed by atoms with Crippen LogP contribution in [0.3, 0.4) is 0 Å². The van der Waals surface area contributed by atoms with Crippen molar-refractivity contribution in [2.24, 2.45) is 0 Å². The first kappa shape index (κ1) is 18.1. The molecule has 0 heterocycles. The van der Waals surface area contributed by atoms with Gasteiger partial charge >= 0.3 is 8.69 Å². The van der Waals surface area contributed by atoms with Crippen LogP contribution in [-0.2, 0) is 9.30 Å². The molecule has 20 heavy (non-hydrogen) atoms. The molecule has 1 unspecified atom stereocenters. The van der Waals surface area contributed by atoms with Gasteiger partial charge < -0.3 is 4.74 Å². The molecular formula is C16H32O3P+. The zero-order valence-corrected chi connectivity index (χ0v) is 13.8. The average molecular weight is 303 g/mol. The molecule has 0 radical (unpaired) electrons. The third-order valence-corrected chi connectivity index (χ3v) is 4.49. The van der Waals surface area contributed by atoms with Gasteiger partial charge in [0.05, 0.1) is 12.2 Å². The lowest BCUT2D eigenvalue weighted by molar-refractivity contribution is -0.0355. The maximum absolute atomic E-state index is 8.51. The van der Waals surface area contributed by atoms with Gasteiger partial charge in [-0.2, -0.15) is 4.89 Å². The van der Waals surface area contributed by atoms with E-state index in [0.29, 0.717) is 12.2 Å². The molecule has 2 rings (SSSR count). The third-order valence-electron chi connectivity index (χ3n) is 4.49. The highest BCUT2D eigenvalue weighted by Crippen LogP contribution is 2.25. The Kier molecular flexibility index (Phi) is 11.5. The van der Waals surface area contributed by atoms with Crippen LogP contribution in [0.4, 0.5) is 0 Å². The Labute approximate surface area is 125 Å². The second-order valence-corrected chi connectivity index (χ2v) is 6.34. The molecule has 118 valence electrons. The van der Waals surface area contributed by atoms with Gasteiger partial charge in [0.15, 0.2) is 0 Å². The van der Waals surface area contributed by atoms with Crippen molar-refractivity contribution in [2.75, 3.05) is 0 Å². The Morgan fingerprint density at radius 3 is 1.20 bits per heavy atom. The highest BCUT2D eigenvalue weighted by Gasteiger charge is 2.18. The maximum atomic E-state index is 8.51. The summed E-state index contributed by atoms with van der Waals surface area (Å²) in [5, 5.41) is 0. The molecule has 0 aromatic rings. The summed E-state index contributed by atoms with van der Waals surface area (Å²) in [6.45, 7) is 0. The predicted octanol–water partition coefficient (Wildman–Crippen LogP) is 5.15. The topological polar surface area (TPSA) is 46.5 Å². The van der Waals surface area contributed by atoms with E-state index in [9.17, 15) is 0 Å². The summed E-state index contributed by atoms with van der Waals surface area (Å²) in [4.78, 5) is 7.04. The summed E-state index contributed by atoms with van der Waals surface area (Å²) in [6, 6.07) is 0. The van der Waals surface area contributed by atoms with Crippen molar-refractivity contribution in [3.8, 4) is 0 Å². The maximum Gasteiger partial charge on any atom is 0.491 e. The van der Waals surface area contributed by atoms with Crippen LogP contribution in [-0.4, -0.2) is 17.1 Å². The summed E-state index contributed by atoms with van der Waals surface area (Å²) < 4.78 is 14.9. The highest BCUT2D eigenvalue weighted by atomic mass is 31.1. The lowest BCUT2D eigenvalue weighted by Gasteiger charge is -2.27. The van der Waals surface area contributed by atoms with Gasteiger partial charge in [0.25, 0.3) is 0 Å². The minimum Gasteiger partial charge on any atom is -0.375 e. The minimum absolute atomic E-state index is 0.597. The minimum atomic E-state index is -1.17. The van der Waals surface area contributed by atoms with Gasteiger partial charge in [-0.15, -0.1) is 0 Å². The second kappa shape index (κ2) is 12.7. The lowest BCUT2D eigenvalue weighted by atomic mass is 9.96. The Morgan fingerprint density at radius 1 is 0.650 bits per heavy atom. The fourth-order valence-corrected chi connectivity index (χ4v) is 3.38. The molecule has 0 bridgehead atoms. The van der Waals surface area contributed by atoms with Crippen LogP contribution in [0.2, 0.25) is 0 Å². The van der Waals surface area contributed by atoms with E-state index in [1.807, 2.05) is 0 Å².